The van der Waals surface area contributed by atoms with Gasteiger partial charge in [-0.1, -0.05) is 27.7 Å². The lowest BCUT2D eigenvalue weighted by Gasteiger charge is -2.01. The van der Waals surface area contributed by atoms with Crippen molar-refractivity contribution in [3.8, 4) is 0 Å². The molecule has 0 N–H and O–H groups in total. The quantitative estimate of drug-likeness (QED) is 0.714. The van der Waals surface area contributed by atoms with Gasteiger partial charge >= 0.3 is 0 Å². The average molecular weight is 180 g/mol. The van der Waals surface area contributed by atoms with Crippen LogP contribution >= 0.6 is 0 Å². The molecule has 0 saturated heterocycles. The summed E-state index contributed by atoms with van der Waals surface area (Å²) in [5.74, 6) is 1.69. The predicted octanol–water partition coefficient (Wildman–Crippen LogP) is 3.09. The Hall–Kier alpha value is -0.920. The molecule has 1 aromatic rings. The summed E-state index contributed by atoms with van der Waals surface area (Å²) in [7, 11) is 0. The Morgan fingerprint density at radius 2 is 1.69 bits per heavy atom. The topological polar surface area (TPSA) is 25.8 Å². The zero-order valence-corrected chi connectivity index (χ0v) is 9.12. The molecule has 0 unspecified atom stereocenters. The summed E-state index contributed by atoms with van der Waals surface area (Å²) in [6.45, 7) is 8.42. The summed E-state index contributed by atoms with van der Waals surface area (Å²) >= 11 is 0. The number of rotatable bonds is 3. The van der Waals surface area contributed by atoms with E-state index in [0.717, 1.165) is 18.2 Å². The molecule has 0 aliphatic carbocycles. The molecule has 1 aromatic heterocycles. The van der Waals surface area contributed by atoms with Crippen LogP contribution in [0.25, 0.3) is 0 Å². The van der Waals surface area contributed by atoms with Crippen LogP contribution in [0.5, 0.6) is 0 Å². The van der Waals surface area contributed by atoms with Crippen molar-refractivity contribution in [3.63, 3.8) is 0 Å². The first-order chi connectivity index (χ1) is 6.29. The fraction of sp³-hybridized carbons (Fsp3) is 0.636. The fourth-order valence-electron chi connectivity index (χ4n) is 0.877. The van der Waals surface area contributed by atoms with Gasteiger partial charge in [0.1, 0.15) is 5.82 Å². The van der Waals surface area contributed by atoms with Crippen LogP contribution in [0.3, 0.4) is 0 Å². The maximum Gasteiger partial charge on any atom is 0.128 e. The molecule has 0 spiro atoms. The molecule has 0 aliphatic heterocycles. The molecule has 0 amide bonds. The summed E-state index contributed by atoms with van der Waals surface area (Å²) in [6, 6.07) is 1.85. The van der Waals surface area contributed by atoms with Crippen LogP contribution in [-0.4, -0.2) is 9.97 Å². The molecule has 1 heterocycles. The van der Waals surface area contributed by atoms with E-state index in [1.54, 1.807) is 12.4 Å². The Bertz CT molecular complexity index is 195. The molecule has 2 heteroatoms. The zero-order chi connectivity index (χ0) is 10.1. The van der Waals surface area contributed by atoms with Crippen molar-refractivity contribution in [2.75, 3.05) is 0 Å². The van der Waals surface area contributed by atoms with E-state index in [4.69, 9.17) is 0 Å². The lowest BCUT2D eigenvalue weighted by Crippen LogP contribution is -1.96. The highest BCUT2D eigenvalue weighted by molar-refractivity contribution is 4.88. The van der Waals surface area contributed by atoms with E-state index in [2.05, 4.69) is 23.8 Å². The Morgan fingerprint density at radius 3 is 2.15 bits per heavy atom. The van der Waals surface area contributed by atoms with Gasteiger partial charge in [-0.3, -0.25) is 0 Å². The number of nitrogens with zero attached hydrogens (tertiary/aromatic N) is 2. The van der Waals surface area contributed by atoms with E-state index in [0.29, 0.717) is 0 Å². The van der Waals surface area contributed by atoms with Crippen LogP contribution < -0.4 is 0 Å². The molecule has 13 heavy (non-hydrogen) atoms. The summed E-state index contributed by atoms with van der Waals surface area (Å²) < 4.78 is 0. The normalized spacial score (nSPS) is 9.31. The molecule has 0 aliphatic rings. The number of hydrogen-bond acceptors (Lipinski definition) is 2. The monoisotopic (exact) mass is 180 g/mol. The van der Waals surface area contributed by atoms with Crippen LogP contribution in [-0.2, 0) is 6.42 Å². The van der Waals surface area contributed by atoms with Gasteiger partial charge < -0.3 is 0 Å². The minimum Gasteiger partial charge on any atom is -0.241 e. The van der Waals surface area contributed by atoms with Crippen molar-refractivity contribution in [1.82, 2.24) is 9.97 Å². The molecular weight excluding hydrogens is 160 g/mol. The smallest absolute Gasteiger partial charge is 0.128 e. The second kappa shape index (κ2) is 7.71. The second-order valence-electron chi connectivity index (χ2n) is 3.10. The highest BCUT2D eigenvalue weighted by Crippen LogP contribution is 2.03. The van der Waals surface area contributed by atoms with Crippen molar-refractivity contribution in [3.05, 3.63) is 24.3 Å². The Kier molecular flexibility index (Phi) is 7.17. The second-order valence-corrected chi connectivity index (χ2v) is 3.10. The molecule has 2 nitrogen and oxygen atoms in total. The standard InChI is InChI=1S/C9H14N2.C2H6/c1-8(2)4-5-9-10-6-3-7-11-9;1-2/h3,6-8H,4-5H2,1-2H3;1-2H3. The fourth-order valence-corrected chi connectivity index (χ4v) is 0.877. The average Bonchev–Trinajstić information content (AvgIpc) is 2.19. The molecule has 1 rings (SSSR count). The summed E-state index contributed by atoms with van der Waals surface area (Å²) in [5, 5.41) is 0. The van der Waals surface area contributed by atoms with Crippen LogP contribution in [0.15, 0.2) is 18.5 Å². The minimum absolute atomic E-state index is 0.735. The third kappa shape index (κ3) is 6.26. The molecule has 0 fully saturated rings. The summed E-state index contributed by atoms with van der Waals surface area (Å²) in [5.41, 5.74) is 0. The van der Waals surface area contributed by atoms with E-state index in [9.17, 15) is 0 Å². The number of hydrogen-bond donors (Lipinski definition) is 0. The molecule has 0 atom stereocenters. The van der Waals surface area contributed by atoms with Crippen LogP contribution in [0.4, 0.5) is 0 Å². The highest BCUT2D eigenvalue weighted by atomic mass is 14.8. The van der Waals surface area contributed by atoms with Gasteiger partial charge in [-0.15, -0.1) is 0 Å². The molecule has 0 radical (unpaired) electrons. The molecule has 0 bridgehead atoms. The van der Waals surface area contributed by atoms with Crippen molar-refractivity contribution >= 4 is 0 Å². The third-order valence-corrected chi connectivity index (χ3v) is 1.56. The van der Waals surface area contributed by atoms with Crippen molar-refractivity contribution in [2.45, 2.75) is 40.5 Å². The molecule has 0 saturated carbocycles. The predicted molar refractivity (Wildman–Crippen MR) is 56.5 cm³/mol. The van der Waals surface area contributed by atoms with Gasteiger partial charge in [0.25, 0.3) is 0 Å². The van der Waals surface area contributed by atoms with E-state index >= 15 is 0 Å². The first-order valence-electron chi connectivity index (χ1n) is 5.05. The van der Waals surface area contributed by atoms with Crippen molar-refractivity contribution in [1.29, 1.82) is 0 Å². The van der Waals surface area contributed by atoms with E-state index in [1.165, 1.54) is 6.42 Å². The van der Waals surface area contributed by atoms with Gasteiger partial charge in [0.2, 0.25) is 0 Å². The van der Waals surface area contributed by atoms with Crippen LogP contribution in [0.2, 0.25) is 0 Å². The van der Waals surface area contributed by atoms with Crippen molar-refractivity contribution < 1.29 is 0 Å². The van der Waals surface area contributed by atoms with Crippen LogP contribution in [0.1, 0.15) is 39.9 Å². The molecule has 0 aromatic carbocycles. The van der Waals surface area contributed by atoms with Gasteiger partial charge in [-0.25, -0.2) is 9.97 Å². The van der Waals surface area contributed by atoms with Gasteiger partial charge in [0.05, 0.1) is 0 Å². The first-order valence-corrected chi connectivity index (χ1v) is 5.05. The maximum atomic E-state index is 4.14. The summed E-state index contributed by atoms with van der Waals surface area (Å²) in [4.78, 5) is 8.28. The third-order valence-electron chi connectivity index (χ3n) is 1.56. The lowest BCUT2D eigenvalue weighted by molar-refractivity contribution is 0.574. The molecular formula is C11H20N2. The lowest BCUT2D eigenvalue weighted by atomic mass is 10.1. The Labute approximate surface area is 81.4 Å². The zero-order valence-electron chi connectivity index (χ0n) is 9.12. The SMILES string of the molecule is CC.CC(C)CCc1ncccn1. The highest BCUT2D eigenvalue weighted by Gasteiger charge is 1.96. The molecule has 74 valence electrons. The Morgan fingerprint density at radius 1 is 1.15 bits per heavy atom. The largest absolute Gasteiger partial charge is 0.241 e. The maximum absolute atomic E-state index is 4.14. The van der Waals surface area contributed by atoms with Crippen molar-refractivity contribution in [2.24, 2.45) is 5.92 Å². The van der Waals surface area contributed by atoms with Gasteiger partial charge in [-0.2, -0.15) is 0 Å². The van der Waals surface area contributed by atoms with E-state index in [-0.39, 0.29) is 0 Å². The van der Waals surface area contributed by atoms with E-state index < -0.39 is 0 Å². The van der Waals surface area contributed by atoms with Gasteiger partial charge in [0, 0.05) is 18.8 Å². The Balaban J connectivity index is 0.000000671. The van der Waals surface area contributed by atoms with Crippen LogP contribution in [0, 0.1) is 5.92 Å². The summed E-state index contributed by atoms with van der Waals surface area (Å²) in [6.07, 6.45) is 5.76. The van der Waals surface area contributed by atoms with Gasteiger partial charge in [-0.05, 0) is 18.4 Å². The number of aryl methyl sites for hydroxylation is 1. The first kappa shape index (κ1) is 12.1. The number of aromatic nitrogens is 2. The minimum atomic E-state index is 0.735. The van der Waals surface area contributed by atoms with E-state index in [1.807, 2.05) is 19.9 Å². The van der Waals surface area contributed by atoms with Gasteiger partial charge in [0.15, 0.2) is 0 Å².